The number of rotatable bonds is 14. The van der Waals surface area contributed by atoms with Gasteiger partial charge in [-0.05, 0) is 0 Å². The first-order valence-corrected chi connectivity index (χ1v) is 28.2. The maximum absolute atomic E-state index is 7.37. The van der Waals surface area contributed by atoms with Crippen LogP contribution in [0.15, 0.2) is 72.1 Å². The van der Waals surface area contributed by atoms with Gasteiger partial charge in [0, 0.05) is 0 Å². The molecule has 0 aromatic heterocycles. The average Bonchev–Trinajstić information content (AvgIpc) is 3.58. The Kier molecular flexibility index (Phi) is 10.8. The number of benzene rings is 2. The minimum atomic E-state index is -2.06. The zero-order valence-corrected chi connectivity index (χ0v) is 35.8. The Bertz CT molecular complexity index is 1410. The second-order valence-corrected chi connectivity index (χ2v) is 33.7. The molecule has 0 bridgehead atoms. The Morgan fingerprint density at radius 1 is 0.674 bits per heavy atom. The second-order valence-electron chi connectivity index (χ2n) is 15.8. The van der Waals surface area contributed by atoms with Gasteiger partial charge in [0.1, 0.15) is 0 Å². The Labute approximate surface area is 295 Å². The molecule has 0 spiro atoms. The van der Waals surface area contributed by atoms with Crippen molar-refractivity contribution < 1.29 is 32.1 Å². The number of hydrogen-bond acceptors (Lipinski definition) is 2. The van der Waals surface area contributed by atoms with Gasteiger partial charge in [-0.15, -0.1) is 0 Å². The van der Waals surface area contributed by atoms with Crippen molar-refractivity contribution in [2.45, 2.75) is 123 Å². The van der Waals surface area contributed by atoms with Crippen LogP contribution >= 0.6 is 0 Å². The molecule has 0 saturated carbocycles. The average molecular weight is 746 g/mol. The zero-order valence-electron chi connectivity index (χ0n) is 30.3. The molecule has 3 aliphatic rings. The Hall–Kier alpha value is -1.47. The van der Waals surface area contributed by atoms with E-state index >= 15 is 0 Å². The van der Waals surface area contributed by atoms with Crippen LogP contribution in [0.5, 0.6) is 11.5 Å². The topological polar surface area (TPSA) is 18.5 Å². The van der Waals surface area contributed by atoms with Crippen LogP contribution in [0.3, 0.4) is 0 Å². The third-order valence-electron chi connectivity index (χ3n) is 11.8. The summed E-state index contributed by atoms with van der Waals surface area (Å²) in [7, 11) is -6.02. The van der Waals surface area contributed by atoms with Gasteiger partial charge in [0.2, 0.25) is 0 Å². The molecule has 0 radical (unpaired) electrons. The van der Waals surface area contributed by atoms with Gasteiger partial charge in [-0.2, -0.15) is 0 Å². The first-order chi connectivity index (χ1) is 21.7. The summed E-state index contributed by atoms with van der Waals surface area (Å²) in [4.78, 5) is 0. The predicted octanol–water partition coefficient (Wildman–Crippen LogP) is 12.6. The summed E-state index contributed by atoms with van der Waals surface area (Å²) < 4.78 is 16.0. The third-order valence-corrected chi connectivity index (χ3v) is 32.8. The summed E-state index contributed by atoms with van der Waals surface area (Å²) in [6.07, 6.45) is 11.5. The van der Waals surface area contributed by atoms with Crippen LogP contribution in [-0.2, 0) is 23.2 Å². The van der Waals surface area contributed by atoms with Crippen molar-refractivity contribution in [3.05, 3.63) is 94.4 Å². The van der Waals surface area contributed by atoms with E-state index in [1.54, 1.807) is 21.5 Å². The van der Waals surface area contributed by atoms with E-state index in [-0.39, 0.29) is 0 Å². The molecule has 2 aromatic carbocycles. The van der Waals surface area contributed by atoms with Gasteiger partial charge in [0.05, 0.1) is 0 Å². The van der Waals surface area contributed by atoms with Crippen LogP contribution < -0.4 is 8.85 Å². The molecule has 2 unspecified atom stereocenters. The number of allylic oxidation sites excluding steroid dienone is 4. The zero-order chi connectivity index (χ0) is 33.6. The minimum absolute atomic E-state index is 0.546. The molecule has 1 heterocycles. The van der Waals surface area contributed by atoms with E-state index in [2.05, 4.69) is 142 Å². The van der Waals surface area contributed by atoms with Gasteiger partial charge in [-0.1, -0.05) is 0 Å². The summed E-state index contributed by atoms with van der Waals surface area (Å²) in [5, 5.41) is 3.52. The van der Waals surface area contributed by atoms with Crippen LogP contribution in [0.2, 0.25) is 47.3 Å². The Morgan fingerprint density at radius 2 is 1.04 bits per heavy atom. The van der Waals surface area contributed by atoms with E-state index in [1.165, 1.54) is 11.1 Å². The van der Waals surface area contributed by atoms with Crippen LogP contribution in [0.4, 0.5) is 0 Å². The molecule has 2 aromatic rings. The van der Waals surface area contributed by atoms with Gasteiger partial charge < -0.3 is 0 Å². The van der Waals surface area contributed by atoms with Gasteiger partial charge >= 0.3 is 298 Å². The van der Waals surface area contributed by atoms with E-state index < -0.39 is 47.9 Å². The van der Waals surface area contributed by atoms with Crippen LogP contribution in [0, 0.1) is 0 Å². The molecule has 246 valence electrons. The fraction of sp³-hybridized carbons (Fsp3) is 0.500. The maximum atomic E-state index is 7.37. The normalized spacial score (nSPS) is 19.7. The van der Waals surface area contributed by atoms with Crippen molar-refractivity contribution >= 4 is 36.9 Å². The molecule has 2 atom stereocenters. The van der Waals surface area contributed by atoms with Crippen molar-refractivity contribution in [3.63, 3.8) is 0 Å². The quantitative estimate of drug-likeness (QED) is 0.142. The van der Waals surface area contributed by atoms with Crippen molar-refractivity contribution in [2.75, 3.05) is 0 Å². The Morgan fingerprint density at radius 3 is 1.37 bits per heavy atom. The van der Waals surface area contributed by atoms with E-state index in [1.807, 2.05) is 0 Å². The van der Waals surface area contributed by atoms with Gasteiger partial charge in [0.25, 0.3) is 0 Å². The first-order valence-electron chi connectivity index (χ1n) is 17.8. The Balaban J connectivity index is 1.55. The summed E-state index contributed by atoms with van der Waals surface area (Å²) in [6, 6.07) is 16.3. The van der Waals surface area contributed by atoms with Gasteiger partial charge in [0.15, 0.2) is 0 Å². The van der Waals surface area contributed by atoms with Crippen molar-refractivity contribution in [3.8, 4) is 11.5 Å². The summed E-state index contributed by atoms with van der Waals surface area (Å²) in [6.45, 7) is 32.5. The molecule has 0 N–H and O–H groups in total. The molecule has 1 aliphatic heterocycles. The first kappa shape index (κ1) is 35.8. The van der Waals surface area contributed by atoms with E-state index in [0.29, 0.717) is 29.4 Å². The van der Waals surface area contributed by atoms with Gasteiger partial charge in [-0.3, -0.25) is 0 Å². The second kappa shape index (κ2) is 13.8. The molecule has 2 aliphatic carbocycles. The molecule has 0 amide bonds. The standard InChI is InChI=1S/C40H58O2Si3.Zr/c1-13-15-23-44(29(3)4,30(5)6)41-39-21-17-19-33-25-35(27-37(33)39)43(11,12)36-26-34-20-18-22-40(38(34)28-36)42-45(31(7)8,32(9)10)24-16-14-2;/h13-14,17-22,25-32H,1-2,15-16,23-24H2,3-12H3;. The molecule has 2 nitrogen and oxygen atoms in total. The van der Waals surface area contributed by atoms with Gasteiger partial charge in [-0.25, -0.2) is 0 Å². The van der Waals surface area contributed by atoms with E-state index in [9.17, 15) is 0 Å². The molecular formula is C40H58O2Si3Zr. The fourth-order valence-corrected chi connectivity index (χ4v) is 31.1. The molecule has 1 saturated heterocycles. The van der Waals surface area contributed by atoms with E-state index in [4.69, 9.17) is 8.85 Å². The monoisotopic (exact) mass is 744 g/mol. The summed E-state index contributed by atoms with van der Waals surface area (Å²) in [5.74, 6) is 2.31. The van der Waals surface area contributed by atoms with E-state index in [0.717, 1.165) is 36.4 Å². The van der Waals surface area contributed by atoms with Crippen molar-refractivity contribution in [1.82, 2.24) is 0 Å². The number of fused-ring (bicyclic) bond motifs is 6. The molecule has 1 fully saturated rings. The number of hydrogen-bond donors (Lipinski definition) is 0. The summed E-state index contributed by atoms with van der Waals surface area (Å²) >= 11 is -0.918. The van der Waals surface area contributed by atoms with Crippen LogP contribution in [0.1, 0.15) is 97.7 Å². The predicted molar refractivity (Wildman–Crippen MR) is 204 cm³/mol. The summed E-state index contributed by atoms with van der Waals surface area (Å²) in [5.41, 5.74) is 8.13. The third kappa shape index (κ3) is 6.01. The van der Waals surface area contributed by atoms with Crippen LogP contribution in [0.25, 0.3) is 12.2 Å². The fourth-order valence-electron chi connectivity index (χ4n) is 8.83. The van der Waals surface area contributed by atoms with Crippen molar-refractivity contribution in [1.29, 1.82) is 0 Å². The molecule has 5 rings (SSSR count). The molecule has 46 heavy (non-hydrogen) atoms. The SMILES string of the molecule is C=CCC[Si](Oc1cccc2c1C=C1[CH]2[Zr][CH]2C(=Cc3c(O[Si](CCC=C)(C(C)C)C(C)C)cccc32)[Si]1(C)C)(C(C)C)C(C)C. The molecule has 6 heteroatoms. The molecular weight excluding hydrogens is 688 g/mol. The van der Waals surface area contributed by atoms with Crippen molar-refractivity contribution in [2.24, 2.45) is 0 Å². The van der Waals surface area contributed by atoms with Crippen LogP contribution in [-0.4, -0.2) is 24.7 Å².